The standard InChI is InChI=1S/C13H13FN2O2S/c14-11-4-6-13(7-5-11)19(17,18)16-12-3-1-2-10(8-12)9-15/h1-8,16H,9,15H2. The minimum atomic E-state index is -3.71. The Morgan fingerprint density at radius 3 is 2.42 bits per heavy atom. The van der Waals surface area contributed by atoms with Gasteiger partial charge < -0.3 is 5.73 Å². The third kappa shape index (κ3) is 3.30. The zero-order valence-electron chi connectivity index (χ0n) is 10.0. The molecule has 0 unspecified atom stereocenters. The predicted octanol–water partition coefficient (Wildman–Crippen LogP) is 2.09. The van der Waals surface area contributed by atoms with Crippen LogP contribution in [-0.4, -0.2) is 8.42 Å². The molecule has 0 aliphatic rings. The van der Waals surface area contributed by atoms with Crippen molar-refractivity contribution in [3.8, 4) is 0 Å². The summed E-state index contributed by atoms with van der Waals surface area (Å²) in [6, 6.07) is 11.4. The van der Waals surface area contributed by atoms with E-state index in [1.165, 1.54) is 12.1 Å². The lowest BCUT2D eigenvalue weighted by Gasteiger charge is -2.09. The summed E-state index contributed by atoms with van der Waals surface area (Å²) < 4.78 is 39.3. The molecule has 3 N–H and O–H groups in total. The smallest absolute Gasteiger partial charge is 0.261 e. The summed E-state index contributed by atoms with van der Waals surface area (Å²) >= 11 is 0. The van der Waals surface area contributed by atoms with Crippen LogP contribution in [0.25, 0.3) is 0 Å². The largest absolute Gasteiger partial charge is 0.326 e. The maximum Gasteiger partial charge on any atom is 0.261 e. The van der Waals surface area contributed by atoms with Crippen molar-refractivity contribution in [3.63, 3.8) is 0 Å². The van der Waals surface area contributed by atoms with E-state index >= 15 is 0 Å². The average molecular weight is 280 g/mol. The molecule has 0 saturated heterocycles. The van der Waals surface area contributed by atoms with Crippen LogP contribution in [0.2, 0.25) is 0 Å². The Kier molecular flexibility index (Phi) is 3.82. The van der Waals surface area contributed by atoms with Gasteiger partial charge in [0.05, 0.1) is 4.90 Å². The lowest BCUT2D eigenvalue weighted by molar-refractivity contribution is 0.599. The van der Waals surface area contributed by atoms with E-state index in [-0.39, 0.29) is 4.90 Å². The number of hydrogen-bond donors (Lipinski definition) is 2. The van der Waals surface area contributed by atoms with Gasteiger partial charge in [-0.2, -0.15) is 0 Å². The van der Waals surface area contributed by atoms with Crippen molar-refractivity contribution in [3.05, 3.63) is 59.9 Å². The highest BCUT2D eigenvalue weighted by Crippen LogP contribution is 2.17. The number of rotatable bonds is 4. The molecule has 19 heavy (non-hydrogen) atoms. The first-order valence-electron chi connectivity index (χ1n) is 5.59. The third-order valence-corrected chi connectivity index (χ3v) is 3.94. The summed E-state index contributed by atoms with van der Waals surface area (Å²) in [4.78, 5) is 0.00653. The monoisotopic (exact) mass is 280 g/mol. The van der Waals surface area contributed by atoms with Crippen molar-refractivity contribution in [2.45, 2.75) is 11.4 Å². The molecular weight excluding hydrogens is 267 g/mol. The quantitative estimate of drug-likeness (QED) is 0.900. The maximum absolute atomic E-state index is 12.8. The fourth-order valence-corrected chi connectivity index (χ4v) is 2.64. The molecule has 0 aliphatic carbocycles. The van der Waals surface area contributed by atoms with Gasteiger partial charge in [-0.25, -0.2) is 12.8 Å². The Balaban J connectivity index is 2.28. The highest BCUT2D eigenvalue weighted by Gasteiger charge is 2.14. The second-order valence-corrected chi connectivity index (χ2v) is 5.65. The van der Waals surface area contributed by atoms with Crippen molar-refractivity contribution >= 4 is 15.7 Å². The lowest BCUT2D eigenvalue weighted by atomic mass is 10.2. The predicted molar refractivity (Wildman–Crippen MR) is 71.5 cm³/mol. The number of nitrogens with two attached hydrogens (primary N) is 1. The first kappa shape index (κ1) is 13.5. The molecular formula is C13H13FN2O2S. The van der Waals surface area contributed by atoms with Crippen LogP contribution in [0.15, 0.2) is 53.4 Å². The molecule has 4 nitrogen and oxygen atoms in total. The Labute approximate surface area is 111 Å². The van der Waals surface area contributed by atoms with E-state index in [1.54, 1.807) is 24.3 Å². The highest BCUT2D eigenvalue weighted by atomic mass is 32.2. The molecule has 0 radical (unpaired) electrons. The molecule has 2 aromatic carbocycles. The molecule has 6 heteroatoms. The molecule has 2 rings (SSSR count). The fraction of sp³-hybridized carbons (Fsp3) is 0.0769. The number of nitrogens with one attached hydrogen (secondary N) is 1. The van der Waals surface area contributed by atoms with Crippen LogP contribution in [-0.2, 0) is 16.6 Å². The number of sulfonamides is 1. The van der Waals surface area contributed by atoms with Crippen LogP contribution >= 0.6 is 0 Å². The summed E-state index contributed by atoms with van der Waals surface area (Å²) in [5.74, 6) is -0.482. The second kappa shape index (κ2) is 5.38. The van der Waals surface area contributed by atoms with E-state index in [2.05, 4.69) is 4.72 Å². The molecule has 0 amide bonds. The zero-order valence-corrected chi connectivity index (χ0v) is 10.8. The summed E-state index contributed by atoms with van der Waals surface area (Å²) in [6.45, 7) is 0.326. The number of hydrogen-bond acceptors (Lipinski definition) is 3. The first-order valence-corrected chi connectivity index (χ1v) is 7.07. The van der Waals surface area contributed by atoms with Gasteiger partial charge in [-0.05, 0) is 42.0 Å². The van der Waals surface area contributed by atoms with Crippen molar-refractivity contribution in [1.82, 2.24) is 0 Å². The van der Waals surface area contributed by atoms with Gasteiger partial charge in [0.1, 0.15) is 5.82 Å². The van der Waals surface area contributed by atoms with Gasteiger partial charge >= 0.3 is 0 Å². The number of anilines is 1. The van der Waals surface area contributed by atoms with Gasteiger partial charge in [-0.1, -0.05) is 12.1 Å². The van der Waals surface area contributed by atoms with Crippen LogP contribution in [0.5, 0.6) is 0 Å². The molecule has 0 bridgehead atoms. The fourth-order valence-electron chi connectivity index (χ4n) is 1.59. The van der Waals surface area contributed by atoms with Crippen LogP contribution in [0, 0.1) is 5.82 Å². The van der Waals surface area contributed by atoms with Gasteiger partial charge in [-0.15, -0.1) is 0 Å². The summed E-state index contributed by atoms with van der Waals surface area (Å²) in [5.41, 5.74) is 6.73. The minimum absolute atomic E-state index is 0.00653. The number of benzene rings is 2. The van der Waals surface area contributed by atoms with Crippen molar-refractivity contribution < 1.29 is 12.8 Å². The van der Waals surface area contributed by atoms with Crippen LogP contribution in [0.3, 0.4) is 0 Å². The Morgan fingerprint density at radius 2 is 1.79 bits per heavy atom. The van der Waals surface area contributed by atoms with Gasteiger partial charge in [0, 0.05) is 12.2 Å². The lowest BCUT2D eigenvalue weighted by Crippen LogP contribution is -2.13. The first-order chi connectivity index (χ1) is 9.01. The molecule has 0 atom stereocenters. The molecule has 2 aromatic rings. The number of halogens is 1. The Bertz CT molecular complexity index is 669. The molecule has 0 fully saturated rings. The van der Waals surface area contributed by atoms with E-state index in [0.29, 0.717) is 12.2 Å². The van der Waals surface area contributed by atoms with E-state index < -0.39 is 15.8 Å². The summed E-state index contributed by atoms with van der Waals surface area (Å²) in [6.07, 6.45) is 0. The molecule has 0 aromatic heterocycles. The van der Waals surface area contributed by atoms with Crippen LogP contribution in [0.4, 0.5) is 10.1 Å². The summed E-state index contributed by atoms with van der Waals surface area (Å²) in [5, 5.41) is 0. The van der Waals surface area contributed by atoms with E-state index in [9.17, 15) is 12.8 Å². The van der Waals surface area contributed by atoms with Gasteiger partial charge in [0.15, 0.2) is 0 Å². The van der Waals surface area contributed by atoms with Crippen molar-refractivity contribution in [2.24, 2.45) is 5.73 Å². The molecule has 0 aliphatic heterocycles. The van der Waals surface area contributed by atoms with Gasteiger partial charge in [-0.3, -0.25) is 4.72 Å². The normalized spacial score (nSPS) is 11.3. The third-order valence-electron chi connectivity index (χ3n) is 2.54. The summed E-state index contributed by atoms with van der Waals surface area (Å²) in [7, 11) is -3.71. The molecule has 0 heterocycles. The molecule has 0 spiro atoms. The average Bonchev–Trinajstić information content (AvgIpc) is 2.39. The SMILES string of the molecule is NCc1cccc(NS(=O)(=O)c2ccc(F)cc2)c1. The van der Waals surface area contributed by atoms with Crippen LogP contribution < -0.4 is 10.5 Å². The van der Waals surface area contributed by atoms with E-state index in [4.69, 9.17) is 5.73 Å². The van der Waals surface area contributed by atoms with E-state index in [0.717, 1.165) is 17.7 Å². The Morgan fingerprint density at radius 1 is 1.11 bits per heavy atom. The minimum Gasteiger partial charge on any atom is -0.326 e. The van der Waals surface area contributed by atoms with Gasteiger partial charge in [0.25, 0.3) is 10.0 Å². The maximum atomic E-state index is 12.8. The van der Waals surface area contributed by atoms with Gasteiger partial charge in [0.2, 0.25) is 0 Å². The van der Waals surface area contributed by atoms with E-state index in [1.807, 2.05) is 0 Å². The van der Waals surface area contributed by atoms with Crippen molar-refractivity contribution in [2.75, 3.05) is 4.72 Å². The topological polar surface area (TPSA) is 72.2 Å². The van der Waals surface area contributed by atoms with Crippen molar-refractivity contribution in [1.29, 1.82) is 0 Å². The molecule has 0 saturated carbocycles. The second-order valence-electron chi connectivity index (χ2n) is 3.96. The Hall–Kier alpha value is -1.92. The highest BCUT2D eigenvalue weighted by molar-refractivity contribution is 7.92. The molecule has 100 valence electrons. The van der Waals surface area contributed by atoms with Crippen LogP contribution in [0.1, 0.15) is 5.56 Å². The zero-order chi connectivity index (χ0) is 13.9.